The van der Waals surface area contributed by atoms with Crippen LogP contribution in [-0.2, 0) is 4.79 Å². The molecule has 0 aromatic heterocycles. The zero-order valence-corrected chi connectivity index (χ0v) is 15.7. The quantitative estimate of drug-likeness (QED) is 0.765. The standard InChI is InChI=1S/C22H23NO2S/c1-26-16-12-14-10-11-15(13-16)23(14)22(24)21-17-6-2-4-8-19(17)25-20-9-5-3-7-18(20)21/h2-9,14-16,21H,10-13H2,1H3/t14-,15+,16?. The van der Waals surface area contributed by atoms with E-state index in [0.29, 0.717) is 17.3 Å². The highest BCUT2D eigenvalue weighted by Gasteiger charge is 2.46. The maximum absolute atomic E-state index is 13.8. The summed E-state index contributed by atoms with van der Waals surface area (Å²) in [6, 6.07) is 16.8. The van der Waals surface area contributed by atoms with Crippen molar-refractivity contribution in [3.63, 3.8) is 0 Å². The van der Waals surface area contributed by atoms with Gasteiger partial charge in [-0.25, -0.2) is 0 Å². The molecule has 1 unspecified atom stereocenters. The zero-order chi connectivity index (χ0) is 17.7. The molecule has 1 amide bonds. The number of carbonyl (C=O) groups is 1. The summed E-state index contributed by atoms with van der Waals surface area (Å²) in [5, 5.41) is 0.700. The van der Waals surface area contributed by atoms with Crippen LogP contribution in [0.5, 0.6) is 11.5 Å². The number of carbonyl (C=O) groups excluding carboxylic acids is 1. The summed E-state index contributed by atoms with van der Waals surface area (Å²) < 4.78 is 6.07. The average Bonchev–Trinajstić information content (AvgIpc) is 2.95. The molecule has 26 heavy (non-hydrogen) atoms. The summed E-state index contributed by atoms with van der Waals surface area (Å²) >= 11 is 1.96. The fourth-order valence-electron chi connectivity index (χ4n) is 5.00. The van der Waals surface area contributed by atoms with Crippen LogP contribution in [-0.4, -0.2) is 34.4 Å². The molecular formula is C22H23NO2S. The lowest BCUT2D eigenvalue weighted by atomic mass is 9.85. The van der Waals surface area contributed by atoms with E-state index in [9.17, 15) is 4.79 Å². The molecule has 2 fully saturated rings. The second kappa shape index (κ2) is 6.34. The smallest absolute Gasteiger partial charge is 0.235 e. The van der Waals surface area contributed by atoms with Crippen LogP contribution in [0.2, 0.25) is 0 Å². The molecule has 3 atom stereocenters. The topological polar surface area (TPSA) is 29.5 Å². The molecule has 0 N–H and O–H groups in total. The maximum atomic E-state index is 13.8. The lowest BCUT2D eigenvalue weighted by molar-refractivity contribution is -0.136. The summed E-state index contributed by atoms with van der Waals surface area (Å²) in [4.78, 5) is 16.0. The number of amides is 1. The van der Waals surface area contributed by atoms with Gasteiger partial charge in [-0.2, -0.15) is 11.8 Å². The SMILES string of the molecule is CSC1C[C@H]2CC[C@@H](C1)N2C(=O)C1c2ccccc2Oc2ccccc21. The van der Waals surface area contributed by atoms with Crippen molar-refractivity contribution in [3.05, 3.63) is 59.7 Å². The molecule has 4 heteroatoms. The van der Waals surface area contributed by atoms with Crippen LogP contribution in [0.15, 0.2) is 48.5 Å². The number of nitrogens with zero attached hydrogens (tertiary/aromatic N) is 1. The van der Waals surface area contributed by atoms with E-state index in [-0.39, 0.29) is 11.8 Å². The molecule has 2 saturated heterocycles. The molecule has 3 heterocycles. The van der Waals surface area contributed by atoms with Crippen molar-refractivity contribution >= 4 is 17.7 Å². The van der Waals surface area contributed by atoms with E-state index >= 15 is 0 Å². The van der Waals surface area contributed by atoms with Gasteiger partial charge < -0.3 is 9.64 Å². The highest BCUT2D eigenvalue weighted by Crippen LogP contribution is 2.47. The van der Waals surface area contributed by atoms with E-state index in [1.54, 1.807) is 0 Å². The highest BCUT2D eigenvalue weighted by molar-refractivity contribution is 7.99. The van der Waals surface area contributed by atoms with Crippen molar-refractivity contribution in [2.24, 2.45) is 0 Å². The molecule has 3 aliphatic rings. The summed E-state index contributed by atoms with van der Waals surface area (Å²) in [5.74, 6) is 1.65. The first-order valence-corrected chi connectivity index (χ1v) is 10.8. The Morgan fingerprint density at radius 3 is 2.04 bits per heavy atom. The molecule has 5 rings (SSSR count). The van der Waals surface area contributed by atoms with Gasteiger partial charge in [0, 0.05) is 28.5 Å². The summed E-state index contributed by atoms with van der Waals surface area (Å²) in [6.07, 6.45) is 6.78. The van der Waals surface area contributed by atoms with Gasteiger partial charge in [-0.1, -0.05) is 36.4 Å². The molecule has 3 nitrogen and oxygen atoms in total. The Kier molecular flexibility index (Phi) is 3.96. The van der Waals surface area contributed by atoms with Crippen LogP contribution in [0, 0.1) is 0 Å². The van der Waals surface area contributed by atoms with E-state index < -0.39 is 0 Å². The predicted molar refractivity (Wildman–Crippen MR) is 105 cm³/mol. The van der Waals surface area contributed by atoms with Gasteiger partial charge in [0.25, 0.3) is 0 Å². The molecule has 0 saturated carbocycles. The largest absolute Gasteiger partial charge is 0.457 e. The first-order chi connectivity index (χ1) is 12.8. The molecular weight excluding hydrogens is 342 g/mol. The Morgan fingerprint density at radius 1 is 0.962 bits per heavy atom. The van der Waals surface area contributed by atoms with Gasteiger partial charge in [0.15, 0.2) is 0 Å². The third-order valence-electron chi connectivity index (χ3n) is 6.20. The Bertz CT molecular complexity index is 792. The minimum absolute atomic E-state index is 0.245. The van der Waals surface area contributed by atoms with Crippen LogP contribution in [0.4, 0.5) is 0 Å². The van der Waals surface area contributed by atoms with Crippen molar-refractivity contribution < 1.29 is 9.53 Å². The van der Waals surface area contributed by atoms with Gasteiger partial charge in [0.1, 0.15) is 11.5 Å². The number of benzene rings is 2. The molecule has 2 aromatic rings. The van der Waals surface area contributed by atoms with Crippen molar-refractivity contribution in [1.29, 1.82) is 0 Å². The third-order valence-corrected chi connectivity index (χ3v) is 7.26. The molecule has 0 aliphatic carbocycles. The number of fused-ring (bicyclic) bond motifs is 4. The Balaban J connectivity index is 1.55. The molecule has 0 spiro atoms. The fourth-order valence-corrected chi connectivity index (χ4v) is 5.83. The first-order valence-electron chi connectivity index (χ1n) is 9.47. The van der Waals surface area contributed by atoms with Crippen molar-refractivity contribution in [2.75, 3.05) is 6.26 Å². The van der Waals surface area contributed by atoms with Gasteiger partial charge in [-0.3, -0.25) is 4.79 Å². The van der Waals surface area contributed by atoms with Gasteiger partial charge in [-0.05, 0) is 44.1 Å². The van der Waals surface area contributed by atoms with Crippen LogP contribution in [0.1, 0.15) is 42.7 Å². The van der Waals surface area contributed by atoms with Crippen molar-refractivity contribution in [1.82, 2.24) is 4.90 Å². The maximum Gasteiger partial charge on any atom is 0.235 e. The van der Waals surface area contributed by atoms with Crippen LogP contribution in [0.3, 0.4) is 0 Å². The number of para-hydroxylation sites is 2. The lowest BCUT2D eigenvalue weighted by Crippen LogP contribution is -2.49. The normalized spacial score (nSPS) is 26.8. The Hall–Kier alpha value is -1.94. The van der Waals surface area contributed by atoms with E-state index in [2.05, 4.69) is 11.2 Å². The van der Waals surface area contributed by atoms with Crippen molar-refractivity contribution in [2.45, 2.75) is 48.9 Å². The van der Waals surface area contributed by atoms with Crippen LogP contribution >= 0.6 is 11.8 Å². The number of piperidine rings is 1. The molecule has 0 radical (unpaired) electrons. The van der Waals surface area contributed by atoms with Gasteiger partial charge in [-0.15, -0.1) is 0 Å². The second-order valence-corrected chi connectivity index (χ2v) is 8.71. The zero-order valence-electron chi connectivity index (χ0n) is 14.9. The van der Waals surface area contributed by atoms with Crippen LogP contribution < -0.4 is 4.74 Å². The Labute approximate surface area is 158 Å². The summed E-state index contributed by atoms with van der Waals surface area (Å²) in [5.41, 5.74) is 2.00. The molecule has 134 valence electrons. The minimum atomic E-state index is -0.245. The van der Waals surface area contributed by atoms with E-state index in [4.69, 9.17) is 4.74 Å². The summed E-state index contributed by atoms with van der Waals surface area (Å²) in [7, 11) is 0. The van der Waals surface area contributed by atoms with Gasteiger partial charge in [0.05, 0.1) is 5.92 Å². The summed E-state index contributed by atoms with van der Waals surface area (Å²) in [6.45, 7) is 0. The number of hydrogen-bond donors (Lipinski definition) is 0. The van der Waals surface area contributed by atoms with Gasteiger partial charge >= 0.3 is 0 Å². The molecule has 2 bridgehead atoms. The first kappa shape index (κ1) is 16.2. The lowest BCUT2D eigenvalue weighted by Gasteiger charge is -2.41. The fraction of sp³-hybridized carbons (Fsp3) is 0.409. The molecule has 3 aliphatic heterocycles. The monoisotopic (exact) mass is 365 g/mol. The van der Waals surface area contributed by atoms with Gasteiger partial charge in [0.2, 0.25) is 5.91 Å². The van der Waals surface area contributed by atoms with E-state index in [0.717, 1.165) is 48.3 Å². The van der Waals surface area contributed by atoms with E-state index in [1.165, 1.54) is 0 Å². The highest BCUT2D eigenvalue weighted by atomic mass is 32.2. The molecule has 2 aromatic carbocycles. The number of thioether (sulfide) groups is 1. The predicted octanol–water partition coefficient (Wildman–Crippen LogP) is 4.81. The minimum Gasteiger partial charge on any atom is -0.457 e. The average molecular weight is 365 g/mol. The number of rotatable bonds is 2. The number of ether oxygens (including phenoxy) is 1. The van der Waals surface area contributed by atoms with Crippen LogP contribution in [0.25, 0.3) is 0 Å². The third kappa shape index (κ3) is 2.46. The van der Waals surface area contributed by atoms with E-state index in [1.807, 2.05) is 60.3 Å². The Morgan fingerprint density at radius 2 is 1.50 bits per heavy atom. The number of hydrogen-bond acceptors (Lipinski definition) is 3. The van der Waals surface area contributed by atoms with Crippen molar-refractivity contribution in [3.8, 4) is 11.5 Å². The second-order valence-electron chi connectivity index (χ2n) is 7.57.